The Morgan fingerprint density at radius 1 is 0.625 bits per heavy atom. The van der Waals surface area contributed by atoms with Gasteiger partial charge >= 0.3 is 0 Å². The van der Waals surface area contributed by atoms with E-state index in [1.54, 1.807) is 0 Å². The molecule has 0 bridgehead atoms. The lowest BCUT2D eigenvalue weighted by Gasteiger charge is -2.00. The highest BCUT2D eigenvalue weighted by Crippen LogP contribution is 2.11. The van der Waals surface area contributed by atoms with E-state index in [9.17, 15) is 0 Å². The summed E-state index contributed by atoms with van der Waals surface area (Å²) in [5, 5.41) is 0. The van der Waals surface area contributed by atoms with Crippen molar-refractivity contribution in [2.75, 3.05) is 0 Å². The molecule has 0 aliphatic heterocycles. The third kappa shape index (κ3) is 8.52. The van der Waals surface area contributed by atoms with Crippen molar-refractivity contribution < 1.29 is 0 Å². The van der Waals surface area contributed by atoms with Crippen LogP contribution in [0.1, 0.15) is 64.2 Å². The van der Waals surface area contributed by atoms with Gasteiger partial charge in [0.2, 0.25) is 0 Å². The molecule has 1 aliphatic rings. The highest BCUT2D eigenvalue weighted by molar-refractivity contribution is 5.09. The number of hydrogen-bond acceptors (Lipinski definition) is 0. The molecule has 0 heteroatoms. The molecule has 0 aromatic heterocycles. The molecule has 89 valence electrons. The highest BCUT2D eigenvalue weighted by atomic mass is 14.0. The quantitative estimate of drug-likeness (QED) is 0.511. The summed E-state index contributed by atoms with van der Waals surface area (Å²) in [7, 11) is 0. The van der Waals surface area contributed by atoms with Crippen LogP contribution in [0.5, 0.6) is 0 Å². The zero-order chi connectivity index (χ0) is 11.3. The summed E-state index contributed by atoms with van der Waals surface area (Å²) in [5.74, 6) is 0. The molecule has 1 rings (SSSR count). The number of hydrogen-bond donors (Lipinski definition) is 0. The summed E-state index contributed by atoms with van der Waals surface area (Å²) in [6, 6.07) is 0. The minimum Gasteiger partial charge on any atom is -0.0845 e. The Hall–Kier alpha value is -0.780. The molecular formula is C16H25. The smallest absolute Gasteiger partial charge is 0.0276 e. The van der Waals surface area contributed by atoms with Gasteiger partial charge < -0.3 is 0 Å². The van der Waals surface area contributed by atoms with E-state index in [0.717, 1.165) is 6.42 Å². The molecule has 0 aromatic rings. The molecule has 1 radical (unpaired) electrons. The Kier molecular flexibility index (Phi) is 8.91. The van der Waals surface area contributed by atoms with E-state index in [4.69, 9.17) is 0 Å². The van der Waals surface area contributed by atoms with Gasteiger partial charge in [0.1, 0.15) is 0 Å². The van der Waals surface area contributed by atoms with Crippen molar-refractivity contribution in [2.24, 2.45) is 0 Å². The molecule has 0 N–H and O–H groups in total. The standard InChI is InChI=1S/C16H25/c1-2-4-6-8-10-12-14-16-15-13-11-9-7-5-3-1/h1-5H,6,8-16H2/b3-1+,4-2-,7-5?. The van der Waals surface area contributed by atoms with Gasteiger partial charge in [-0.3, -0.25) is 0 Å². The maximum Gasteiger partial charge on any atom is -0.0276 e. The first-order valence-electron chi connectivity index (χ1n) is 6.88. The number of allylic oxidation sites excluding steroid dienone is 6. The molecule has 0 saturated heterocycles. The second-order valence-corrected chi connectivity index (χ2v) is 4.55. The summed E-state index contributed by atoms with van der Waals surface area (Å²) < 4.78 is 0. The summed E-state index contributed by atoms with van der Waals surface area (Å²) in [6.07, 6.45) is 27.5. The van der Waals surface area contributed by atoms with Crippen molar-refractivity contribution in [3.8, 4) is 0 Å². The van der Waals surface area contributed by atoms with Crippen LogP contribution in [0.15, 0.2) is 30.4 Å². The molecule has 1 aliphatic carbocycles. The SMILES string of the molecule is [C]1=C/C=C/C=C\CCCCCCCCCC/1. The zero-order valence-electron chi connectivity index (χ0n) is 10.5. The van der Waals surface area contributed by atoms with Gasteiger partial charge in [-0.1, -0.05) is 68.9 Å². The largest absolute Gasteiger partial charge is 0.0845 e. The Bertz CT molecular complexity index is 196. The topological polar surface area (TPSA) is 0 Å². The molecule has 0 nitrogen and oxygen atoms in total. The van der Waals surface area contributed by atoms with Gasteiger partial charge in [0.25, 0.3) is 0 Å². The molecule has 0 heterocycles. The second kappa shape index (κ2) is 10.7. The maximum atomic E-state index is 3.32. The van der Waals surface area contributed by atoms with E-state index in [-0.39, 0.29) is 0 Å². The fraction of sp³-hybridized carbons (Fsp3) is 0.625. The van der Waals surface area contributed by atoms with Crippen LogP contribution in [0.2, 0.25) is 0 Å². The lowest BCUT2D eigenvalue weighted by atomic mass is 10.1. The third-order valence-electron chi connectivity index (χ3n) is 3.01. The van der Waals surface area contributed by atoms with Crippen molar-refractivity contribution >= 4 is 0 Å². The van der Waals surface area contributed by atoms with Gasteiger partial charge in [0.05, 0.1) is 0 Å². The summed E-state index contributed by atoms with van der Waals surface area (Å²) >= 11 is 0. The molecule has 0 aromatic carbocycles. The molecule has 16 heavy (non-hydrogen) atoms. The molecule has 0 atom stereocenters. The minimum absolute atomic E-state index is 1.12. The van der Waals surface area contributed by atoms with E-state index < -0.39 is 0 Å². The molecule has 0 fully saturated rings. The van der Waals surface area contributed by atoms with Crippen LogP contribution in [-0.2, 0) is 0 Å². The first-order valence-corrected chi connectivity index (χ1v) is 6.88. The fourth-order valence-corrected chi connectivity index (χ4v) is 2.00. The monoisotopic (exact) mass is 217 g/mol. The van der Waals surface area contributed by atoms with Crippen molar-refractivity contribution in [1.29, 1.82) is 0 Å². The Balaban J connectivity index is 2.23. The van der Waals surface area contributed by atoms with Crippen molar-refractivity contribution in [1.82, 2.24) is 0 Å². The molecular weight excluding hydrogens is 192 g/mol. The van der Waals surface area contributed by atoms with Crippen LogP contribution in [0, 0.1) is 6.08 Å². The van der Waals surface area contributed by atoms with Crippen LogP contribution >= 0.6 is 0 Å². The van der Waals surface area contributed by atoms with Crippen LogP contribution in [0.3, 0.4) is 0 Å². The average Bonchev–Trinajstić information content (AvgIpc) is 2.29. The van der Waals surface area contributed by atoms with Crippen molar-refractivity contribution in [3.63, 3.8) is 0 Å². The normalized spacial score (nSPS) is 27.0. The third-order valence-corrected chi connectivity index (χ3v) is 3.01. The lowest BCUT2D eigenvalue weighted by molar-refractivity contribution is 0.570. The average molecular weight is 217 g/mol. The van der Waals surface area contributed by atoms with Crippen molar-refractivity contribution in [2.45, 2.75) is 64.2 Å². The Morgan fingerprint density at radius 2 is 1.31 bits per heavy atom. The van der Waals surface area contributed by atoms with E-state index in [2.05, 4.69) is 36.5 Å². The molecule has 0 saturated carbocycles. The van der Waals surface area contributed by atoms with Gasteiger partial charge in [0.15, 0.2) is 0 Å². The molecule has 0 amide bonds. The highest BCUT2D eigenvalue weighted by Gasteiger charge is 1.91. The fourth-order valence-electron chi connectivity index (χ4n) is 2.00. The lowest BCUT2D eigenvalue weighted by Crippen LogP contribution is -1.81. The summed E-state index contributed by atoms with van der Waals surface area (Å²) in [6.45, 7) is 0. The van der Waals surface area contributed by atoms with E-state index in [1.807, 2.05) is 0 Å². The van der Waals surface area contributed by atoms with E-state index in [1.165, 1.54) is 57.8 Å². The predicted molar refractivity (Wildman–Crippen MR) is 72.3 cm³/mol. The second-order valence-electron chi connectivity index (χ2n) is 4.55. The summed E-state index contributed by atoms with van der Waals surface area (Å²) in [4.78, 5) is 0. The first kappa shape index (κ1) is 13.3. The Labute approximate surface area is 101 Å². The van der Waals surface area contributed by atoms with Gasteiger partial charge in [-0.05, 0) is 31.8 Å². The van der Waals surface area contributed by atoms with Gasteiger partial charge in [0, 0.05) is 0 Å². The molecule has 0 unspecified atom stereocenters. The minimum atomic E-state index is 1.12. The van der Waals surface area contributed by atoms with E-state index in [0.29, 0.717) is 0 Å². The van der Waals surface area contributed by atoms with Crippen LogP contribution in [0.4, 0.5) is 0 Å². The Morgan fingerprint density at radius 3 is 2.12 bits per heavy atom. The van der Waals surface area contributed by atoms with Crippen LogP contribution in [-0.4, -0.2) is 0 Å². The van der Waals surface area contributed by atoms with Gasteiger partial charge in [-0.25, -0.2) is 0 Å². The summed E-state index contributed by atoms with van der Waals surface area (Å²) in [5.41, 5.74) is 0. The van der Waals surface area contributed by atoms with Crippen molar-refractivity contribution in [3.05, 3.63) is 36.5 Å². The van der Waals surface area contributed by atoms with Crippen LogP contribution < -0.4 is 0 Å². The molecule has 0 spiro atoms. The van der Waals surface area contributed by atoms with E-state index >= 15 is 0 Å². The first-order chi connectivity index (χ1) is 8.00. The van der Waals surface area contributed by atoms with Gasteiger partial charge in [-0.15, -0.1) is 0 Å². The predicted octanol–water partition coefficient (Wildman–Crippen LogP) is 5.37. The maximum absolute atomic E-state index is 3.32. The number of rotatable bonds is 0. The van der Waals surface area contributed by atoms with Gasteiger partial charge in [-0.2, -0.15) is 0 Å². The zero-order valence-corrected chi connectivity index (χ0v) is 10.5. The van der Waals surface area contributed by atoms with Crippen LogP contribution in [0.25, 0.3) is 0 Å².